The van der Waals surface area contributed by atoms with Crippen LogP contribution in [0.15, 0.2) is 0 Å². The van der Waals surface area contributed by atoms with Crippen LogP contribution in [0.4, 0.5) is 0 Å². The van der Waals surface area contributed by atoms with E-state index in [-0.39, 0.29) is 17.7 Å². The molecule has 1 rings (SSSR count). The number of carbonyl (C=O) groups excluding carboxylic acids is 1. The normalized spacial score (nSPS) is 27.7. The van der Waals surface area contributed by atoms with Crippen molar-refractivity contribution in [2.45, 2.75) is 52.1 Å². The lowest BCUT2D eigenvalue weighted by molar-refractivity contribution is -0.155. The van der Waals surface area contributed by atoms with Gasteiger partial charge in [-0.1, -0.05) is 27.2 Å². The molecule has 1 saturated heterocycles. The number of likely N-dealkylation sites (tertiary alicyclic amines) is 1. The summed E-state index contributed by atoms with van der Waals surface area (Å²) in [5, 5.41) is 9.27. The van der Waals surface area contributed by atoms with Crippen molar-refractivity contribution in [1.29, 1.82) is 0 Å². The molecule has 0 bridgehead atoms. The van der Waals surface area contributed by atoms with Crippen LogP contribution in [0.1, 0.15) is 40.0 Å². The van der Waals surface area contributed by atoms with Gasteiger partial charge in [0.1, 0.15) is 6.04 Å². The van der Waals surface area contributed by atoms with E-state index < -0.39 is 18.1 Å². The molecule has 1 heterocycles. The van der Waals surface area contributed by atoms with E-state index in [1.165, 1.54) is 4.90 Å². The molecule has 1 amide bonds. The second-order valence-corrected chi connectivity index (χ2v) is 5.35. The topological polar surface area (TPSA) is 83.6 Å². The first-order chi connectivity index (χ1) is 8.40. The van der Waals surface area contributed by atoms with Gasteiger partial charge in [0.2, 0.25) is 5.91 Å². The zero-order chi connectivity index (χ0) is 13.9. The third kappa shape index (κ3) is 3.02. The van der Waals surface area contributed by atoms with E-state index in [0.717, 1.165) is 19.3 Å². The summed E-state index contributed by atoms with van der Waals surface area (Å²) in [5.41, 5.74) is 5.93. The van der Waals surface area contributed by atoms with E-state index in [2.05, 4.69) is 0 Å². The predicted molar refractivity (Wildman–Crippen MR) is 69.0 cm³/mol. The second-order valence-electron chi connectivity index (χ2n) is 5.35. The van der Waals surface area contributed by atoms with Crippen LogP contribution in [0.5, 0.6) is 0 Å². The Bertz CT molecular complexity index is 319. The molecule has 3 N–H and O–H groups in total. The minimum absolute atomic E-state index is 0.00988. The molecule has 0 spiro atoms. The van der Waals surface area contributed by atoms with Crippen LogP contribution in [0.2, 0.25) is 0 Å². The molecular weight excluding hydrogens is 232 g/mol. The Hall–Kier alpha value is -1.10. The summed E-state index contributed by atoms with van der Waals surface area (Å²) >= 11 is 0. The first kappa shape index (κ1) is 15.0. The third-order valence-electron chi connectivity index (χ3n) is 4.01. The fourth-order valence-electron chi connectivity index (χ4n) is 2.50. The first-order valence-corrected chi connectivity index (χ1v) is 6.69. The van der Waals surface area contributed by atoms with E-state index in [9.17, 15) is 14.7 Å². The molecule has 1 aliphatic heterocycles. The van der Waals surface area contributed by atoms with Gasteiger partial charge in [-0.05, 0) is 24.7 Å². The Labute approximate surface area is 108 Å². The standard InChI is InChI=1S/C13H24N2O3/c1-4-8(2)10(14)12(16)15-7-5-6-9(3)11(15)13(17)18/h8-11H,4-7,14H2,1-3H3,(H,17,18)/t8-,9?,10-,11?/m0/s1. The van der Waals surface area contributed by atoms with Gasteiger partial charge in [-0.2, -0.15) is 0 Å². The largest absolute Gasteiger partial charge is 0.480 e. The average Bonchev–Trinajstić information content (AvgIpc) is 2.35. The number of nitrogens with zero attached hydrogens (tertiary/aromatic N) is 1. The highest BCUT2D eigenvalue weighted by atomic mass is 16.4. The molecule has 0 saturated carbocycles. The van der Waals surface area contributed by atoms with E-state index in [1.807, 2.05) is 20.8 Å². The van der Waals surface area contributed by atoms with Crippen LogP contribution in [-0.4, -0.2) is 40.5 Å². The number of aliphatic carboxylic acids is 1. The van der Waals surface area contributed by atoms with Gasteiger partial charge < -0.3 is 15.7 Å². The second kappa shape index (κ2) is 6.18. The number of hydrogen-bond acceptors (Lipinski definition) is 3. The summed E-state index contributed by atoms with van der Waals surface area (Å²) in [4.78, 5) is 25.1. The van der Waals surface area contributed by atoms with Crippen LogP contribution >= 0.6 is 0 Å². The van der Waals surface area contributed by atoms with Crippen molar-refractivity contribution in [2.75, 3.05) is 6.54 Å². The molecule has 1 fully saturated rings. The number of carboxylic acids is 1. The van der Waals surface area contributed by atoms with Gasteiger partial charge in [-0.3, -0.25) is 4.79 Å². The predicted octanol–water partition coefficient (Wildman–Crippen LogP) is 1.07. The maximum Gasteiger partial charge on any atom is 0.326 e. The lowest BCUT2D eigenvalue weighted by Crippen LogP contribution is -2.57. The Morgan fingerprint density at radius 1 is 1.50 bits per heavy atom. The molecule has 0 radical (unpaired) electrons. The molecule has 5 heteroatoms. The minimum Gasteiger partial charge on any atom is -0.480 e. The van der Waals surface area contributed by atoms with Gasteiger partial charge in [0.15, 0.2) is 0 Å². The highest BCUT2D eigenvalue weighted by Crippen LogP contribution is 2.25. The Kier molecular flexibility index (Phi) is 5.14. The van der Waals surface area contributed by atoms with Crippen LogP contribution in [-0.2, 0) is 9.59 Å². The maximum atomic E-state index is 12.3. The van der Waals surface area contributed by atoms with Crippen molar-refractivity contribution in [3.05, 3.63) is 0 Å². The minimum atomic E-state index is -0.924. The molecule has 0 aromatic rings. The van der Waals surface area contributed by atoms with Crippen LogP contribution < -0.4 is 5.73 Å². The van der Waals surface area contributed by atoms with Gasteiger partial charge in [0.05, 0.1) is 6.04 Å². The van der Waals surface area contributed by atoms with Crippen LogP contribution in [0, 0.1) is 11.8 Å². The molecule has 1 aliphatic rings. The molecule has 5 nitrogen and oxygen atoms in total. The highest BCUT2D eigenvalue weighted by molar-refractivity contribution is 5.87. The lowest BCUT2D eigenvalue weighted by Gasteiger charge is -2.39. The Morgan fingerprint density at radius 2 is 2.11 bits per heavy atom. The number of amides is 1. The maximum absolute atomic E-state index is 12.3. The fourth-order valence-corrected chi connectivity index (χ4v) is 2.50. The summed E-state index contributed by atoms with van der Waals surface area (Å²) in [6.07, 6.45) is 2.51. The molecule has 2 unspecified atom stereocenters. The van der Waals surface area contributed by atoms with E-state index in [1.54, 1.807) is 0 Å². The number of nitrogens with two attached hydrogens (primary N) is 1. The van der Waals surface area contributed by atoms with Crippen molar-refractivity contribution < 1.29 is 14.7 Å². The number of hydrogen-bond donors (Lipinski definition) is 2. The molecule has 0 aromatic heterocycles. The van der Waals surface area contributed by atoms with Crippen LogP contribution in [0.3, 0.4) is 0 Å². The summed E-state index contributed by atoms with van der Waals surface area (Å²) in [6.45, 7) is 6.29. The van der Waals surface area contributed by atoms with Gasteiger partial charge in [-0.25, -0.2) is 4.79 Å². The molecule has 18 heavy (non-hydrogen) atoms. The summed E-state index contributed by atoms with van der Waals surface area (Å²) in [7, 11) is 0. The van der Waals surface area contributed by atoms with Crippen molar-refractivity contribution >= 4 is 11.9 Å². The van der Waals surface area contributed by atoms with E-state index in [0.29, 0.717) is 6.54 Å². The Balaban J connectivity index is 2.84. The summed E-state index contributed by atoms with van der Waals surface area (Å²) in [5.74, 6) is -1.08. The van der Waals surface area contributed by atoms with Crippen molar-refractivity contribution in [3.63, 3.8) is 0 Å². The number of piperidine rings is 1. The molecule has 104 valence electrons. The molecule has 0 aliphatic carbocycles. The lowest BCUT2D eigenvalue weighted by atomic mass is 9.89. The van der Waals surface area contributed by atoms with Crippen molar-refractivity contribution in [3.8, 4) is 0 Å². The smallest absolute Gasteiger partial charge is 0.326 e. The van der Waals surface area contributed by atoms with Gasteiger partial charge in [0, 0.05) is 6.54 Å². The summed E-state index contributed by atoms with van der Waals surface area (Å²) in [6, 6.07) is -1.32. The average molecular weight is 256 g/mol. The molecular formula is C13H24N2O3. The highest BCUT2D eigenvalue weighted by Gasteiger charge is 2.39. The van der Waals surface area contributed by atoms with Crippen molar-refractivity contribution in [1.82, 2.24) is 4.90 Å². The van der Waals surface area contributed by atoms with Gasteiger partial charge in [0.25, 0.3) is 0 Å². The fraction of sp³-hybridized carbons (Fsp3) is 0.846. The number of carbonyl (C=O) groups is 2. The monoisotopic (exact) mass is 256 g/mol. The van der Waals surface area contributed by atoms with Gasteiger partial charge in [-0.15, -0.1) is 0 Å². The molecule has 0 aromatic carbocycles. The van der Waals surface area contributed by atoms with Crippen molar-refractivity contribution in [2.24, 2.45) is 17.6 Å². The zero-order valence-corrected chi connectivity index (χ0v) is 11.4. The number of carboxylic acid groups (broad SMARTS) is 1. The first-order valence-electron chi connectivity index (χ1n) is 6.69. The van der Waals surface area contributed by atoms with E-state index >= 15 is 0 Å². The zero-order valence-electron chi connectivity index (χ0n) is 11.4. The Morgan fingerprint density at radius 3 is 2.61 bits per heavy atom. The molecule has 4 atom stereocenters. The van der Waals surface area contributed by atoms with E-state index in [4.69, 9.17) is 5.73 Å². The quantitative estimate of drug-likeness (QED) is 0.788. The van der Waals surface area contributed by atoms with Gasteiger partial charge >= 0.3 is 5.97 Å². The third-order valence-corrected chi connectivity index (χ3v) is 4.01. The summed E-state index contributed by atoms with van der Waals surface area (Å²) < 4.78 is 0. The SMILES string of the molecule is CC[C@H](C)[C@H](N)C(=O)N1CCCC(C)C1C(=O)O. The number of rotatable bonds is 4. The van der Waals surface area contributed by atoms with Crippen LogP contribution in [0.25, 0.3) is 0 Å².